The molecule has 3 rings (SSSR count). The third-order valence-corrected chi connectivity index (χ3v) is 4.20. The quantitative estimate of drug-likeness (QED) is 0.763. The van der Waals surface area contributed by atoms with Crippen molar-refractivity contribution in [2.45, 2.75) is 25.4 Å². The van der Waals surface area contributed by atoms with Crippen LogP contribution in [0.4, 0.5) is 0 Å². The van der Waals surface area contributed by atoms with Crippen molar-refractivity contribution < 1.29 is 14.7 Å². The lowest BCUT2D eigenvalue weighted by molar-refractivity contribution is -0.142. The van der Waals surface area contributed by atoms with Gasteiger partial charge in [-0.15, -0.1) is 5.10 Å². The minimum Gasteiger partial charge on any atom is -0.481 e. The van der Waals surface area contributed by atoms with E-state index in [9.17, 15) is 9.59 Å². The number of carboxylic acid groups (broad SMARTS) is 1. The molecule has 2 N–H and O–H groups in total. The summed E-state index contributed by atoms with van der Waals surface area (Å²) in [5.74, 6) is -1.58. The van der Waals surface area contributed by atoms with Gasteiger partial charge in [-0.25, -0.2) is 4.68 Å². The lowest BCUT2D eigenvalue weighted by atomic mass is 10.0. The summed E-state index contributed by atoms with van der Waals surface area (Å²) in [4.78, 5) is 25.0. The van der Waals surface area contributed by atoms with E-state index < -0.39 is 11.9 Å². The van der Waals surface area contributed by atoms with E-state index in [0.717, 1.165) is 13.1 Å². The Balaban J connectivity index is 1.72. The largest absolute Gasteiger partial charge is 0.481 e. The van der Waals surface area contributed by atoms with Crippen LogP contribution in [0.3, 0.4) is 0 Å². The third kappa shape index (κ3) is 2.05. The molecule has 0 radical (unpaired) electrons. The van der Waals surface area contributed by atoms with Crippen LogP contribution < -0.4 is 5.32 Å². The van der Waals surface area contributed by atoms with Crippen LogP contribution in [0.1, 0.15) is 29.9 Å². The van der Waals surface area contributed by atoms with E-state index in [-0.39, 0.29) is 23.7 Å². The zero-order valence-corrected chi connectivity index (χ0v) is 11.2. The highest BCUT2D eigenvalue weighted by Crippen LogP contribution is 2.25. The lowest BCUT2D eigenvalue weighted by Crippen LogP contribution is -2.43. The summed E-state index contributed by atoms with van der Waals surface area (Å²) in [6.07, 6.45) is 2.14. The fourth-order valence-corrected chi connectivity index (χ4v) is 2.72. The molecule has 2 fully saturated rings. The number of likely N-dealkylation sites (tertiary alicyclic amines) is 1. The molecule has 2 aliphatic rings. The molecule has 3 heterocycles. The molecule has 2 saturated heterocycles. The first-order valence-electron chi connectivity index (χ1n) is 6.74. The Labute approximate surface area is 115 Å². The summed E-state index contributed by atoms with van der Waals surface area (Å²) < 4.78 is 1.69. The van der Waals surface area contributed by atoms with Gasteiger partial charge in [-0.3, -0.25) is 9.59 Å². The fourth-order valence-electron chi connectivity index (χ4n) is 2.72. The number of nitrogens with one attached hydrogen (secondary N) is 1. The average Bonchev–Trinajstić information content (AvgIpc) is 2.93. The topological polar surface area (TPSA) is 100 Å². The molecule has 1 amide bonds. The molecule has 0 spiro atoms. The molecule has 108 valence electrons. The second kappa shape index (κ2) is 4.86. The van der Waals surface area contributed by atoms with Crippen LogP contribution in [0.5, 0.6) is 0 Å². The molecule has 2 aliphatic heterocycles. The highest BCUT2D eigenvalue weighted by Gasteiger charge is 2.39. The number of hydrogen-bond acceptors (Lipinski definition) is 5. The predicted octanol–water partition coefficient (Wildman–Crippen LogP) is -0.642. The van der Waals surface area contributed by atoms with Crippen LogP contribution in [0.2, 0.25) is 0 Å². The van der Waals surface area contributed by atoms with Gasteiger partial charge in [-0.05, 0) is 13.3 Å². The number of carbonyl (C=O) groups is 2. The third-order valence-electron chi connectivity index (χ3n) is 4.20. The molecule has 20 heavy (non-hydrogen) atoms. The Morgan fingerprint density at radius 3 is 2.75 bits per heavy atom. The SMILES string of the molecule is CC1C(C(=O)O)CCN1C(=O)c1cn(C2CNC2)nn1. The predicted molar refractivity (Wildman–Crippen MR) is 68.2 cm³/mol. The Hall–Kier alpha value is -1.96. The number of hydrogen-bond donors (Lipinski definition) is 2. The number of nitrogens with zero attached hydrogens (tertiary/aromatic N) is 4. The van der Waals surface area contributed by atoms with Gasteiger partial charge in [0.1, 0.15) is 0 Å². The van der Waals surface area contributed by atoms with Gasteiger partial charge in [0, 0.05) is 25.7 Å². The maximum Gasteiger partial charge on any atom is 0.308 e. The first-order chi connectivity index (χ1) is 9.58. The Bertz CT molecular complexity index is 539. The summed E-state index contributed by atoms with van der Waals surface area (Å²) in [6.45, 7) is 3.88. The first-order valence-corrected chi connectivity index (χ1v) is 6.74. The normalized spacial score (nSPS) is 26.6. The molecule has 1 aromatic rings. The highest BCUT2D eigenvalue weighted by molar-refractivity contribution is 5.93. The molecule has 0 saturated carbocycles. The van der Waals surface area contributed by atoms with E-state index in [1.807, 2.05) is 0 Å². The summed E-state index contributed by atoms with van der Waals surface area (Å²) in [7, 11) is 0. The van der Waals surface area contributed by atoms with Gasteiger partial charge in [-0.1, -0.05) is 5.21 Å². The van der Waals surface area contributed by atoms with E-state index in [4.69, 9.17) is 5.11 Å². The van der Waals surface area contributed by atoms with E-state index in [0.29, 0.717) is 13.0 Å². The van der Waals surface area contributed by atoms with Crippen molar-refractivity contribution in [2.75, 3.05) is 19.6 Å². The van der Waals surface area contributed by atoms with Crippen LogP contribution >= 0.6 is 0 Å². The second-order valence-corrected chi connectivity index (χ2v) is 5.37. The van der Waals surface area contributed by atoms with E-state index in [2.05, 4.69) is 15.6 Å². The number of carbonyl (C=O) groups excluding carboxylic acids is 1. The minimum atomic E-state index is -0.850. The van der Waals surface area contributed by atoms with Crippen LogP contribution in [-0.4, -0.2) is 62.6 Å². The first kappa shape index (κ1) is 13.0. The van der Waals surface area contributed by atoms with Crippen LogP contribution in [0.15, 0.2) is 6.20 Å². The number of amides is 1. The zero-order valence-electron chi connectivity index (χ0n) is 11.2. The van der Waals surface area contributed by atoms with Crippen molar-refractivity contribution in [1.29, 1.82) is 0 Å². The molecular weight excluding hydrogens is 262 g/mol. The minimum absolute atomic E-state index is 0.236. The molecule has 0 aliphatic carbocycles. The number of carboxylic acids is 1. The Kier molecular flexibility index (Phi) is 3.17. The Morgan fingerprint density at radius 2 is 2.20 bits per heavy atom. The molecule has 8 nitrogen and oxygen atoms in total. The molecule has 2 unspecified atom stereocenters. The molecule has 0 bridgehead atoms. The van der Waals surface area contributed by atoms with Crippen molar-refractivity contribution in [3.05, 3.63) is 11.9 Å². The van der Waals surface area contributed by atoms with Crippen LogP contribution in [0.25, 0.3) is 0 Å². The van der Waals surface area contributed by atoms with Crippen molar-refractivity contribution >= 4 is 11.9 Å². The zero-order chi connectivity index (χ0) is 14.3. The molecule has 8 heteroatoms. The smallest absolute Gasteiger partial charge is 0.308 e. The fraction of sp³-hybridized carbons (Fsp3) is 0.667. The van der Waals surface area contributed by atoms with Crippen molar-refractivity contribution in [3.63, 3.8) is 0 Å². The van der Waals surface area contributed by atoms with Gasteiger partial charge in [0.05, 0.1) is 18.2 Å². The van der Waals surface area contributed by atoms with Crippen molar-refractivity contribution in [2.24, 2.45) is 5.92 Å². The van der Waals surface area contributed by atoms with Crippen LogP contribution in [0, 0.1) is 5.92 Å². The van der Waals surface area contributed by atoms with Crippen molar-refractivity contribution in [3.8, 4) is 0 Å². The summed E-state index contributed by atoms with van der Waals surface area (Å²) in [5.41, 5.74) is 0.287. The summed E-state index contributed by atoms with van der Waals surface area (Å²) >= 11 is 0. The van der Waals surface area contributed by atoms with Gasteiger partial charge in [0.25, 0.3) is 5.91 Å². The highest BCUT2D eigenvalue weighted by atomic mass is 16.4. The lowest BCUT2D eigenvalue weighted by Gasteiger charge is -2.26. The van der Waals surface area contributed by atoms with Gasteiger partial charge in [0.2, 0.25) is 0 Å². The number of aromatic nitrogens is 3. The summed E-state index contributed by atoms with van der Waals surface area (Å²) in [6, 6.07) is -0.0534. The maximum atomic E-state index is 12.4. The van der Waals surface area contributed by atoms with Gasteiger partial charge in [-0.2, -0.15) is 0 Å². The molecule has 2 atom stereocenters. The van der Waals surface area contributed by atoms with Gasteiger partial charge in [0.15, 0.2) is 5.69 Å². The average molecular weight is 279 g/mol. The van der Waals surface area contributed by atoms with E-state index in [1.54, 1.807) is 22.7 Å². The molecule has 1 aromatic heterocycles. The van der Waals surface area contributed by atoms with Gasteiger partial charge >= 0.3 is 5.97 Å². The van der Waals surface area contributed by atoms with E-state index in [1.165, 1.54) is 0 Å². The van der Waals surface area contributed by atoms with Crippen LogP contribution in [-0.2, 0) is 4.79 Å². The standard InChI is InChI=1S/C12H17N5O3/c1-7-9(12(19)20)2-3-16(7)11(18)10-6-17(15-14-10)8-4-13-5-8/h6-9,13H,2-5H2,1H3,(H,19,20). The second-order valence-electron chi connectivity index (χ2n) is 5.37. The molecular formula is C12H17N5O3. The number of aliphatic carboxylic acids is 1. The number of rotatable bonds is 3. The van der Waals surface area contributed by atoms with E-state index >= 15 is 0 Å². The van der Waals surface area contributed by atoms with Gasteiger partial charge < -0.3 is 15.3 Å². The maximum absolute atomic E-state index is 12.4. The Morgan fingerprint density at radius 1 is 1.45 bits per heavy atom. The monoisotopic (exact) mass is 279 g/mol. The molecule has 0 aromatic carbocycles. The summed E-state index contributed by atoms with van der Waals surface area (Å²) in [5, 5.41) is 20.1. The van der Waals surface area contributed by atoms with Crippen molar-refractivity contribution in [1.82, 2.24) is 25.2 Å².